The molecule has 0 heterocycles. The fraction of sp³-hybridized carbons (Fsp3) is 0.833. The second kappa shape index (κ2) is 10.4. The molecule has 0 bridgehead atoms. The van der Waals surface area contributed by atoms with E-state index in [4.69, 9.17) is 11.6 Å². The van der Waals surface area contributed by atoms with Gasteiger partial charge in [0.15, 0.2) is 0 Å². The summed E-state index contributed by atoms with van der Waals surface area (Å²) in [7, 11) is 0. The molecule has 0 rings (SSSR count). The van der Waals surface area contributed by atoms with E-state index >= 15 is 0 Å². The first kappa shape index (κ1) is 16.2. The van der Waals surface area contributed by atoms with E-state index in [0.29, 0.717) is 13.1 Å². The third kappa shape index (κ3) is 8.02. The van der Waals surface area contributed by atoms with Crippen LogP contribution in [0.5, 0.6) is 0 Å². The predicted octanol–water partition coefficient (Wildman–Crippen LogP) is 2.75. The average molecular weight is 263 g/mol. The van der Waals surface area contributed by atoms with Crippen molar-refractivity contribution in [2.45, 2.75) is 46.0 Å². The molecule has 0 aromatic heterocycles. The van der Waals surface area contributed by atoms with E-state index in [1.807, 2.05) is 0 Å². The number of rotatable bonds is 8. The highest BCUT2D eigenvalue weighted by Crippen LogP contribution is 2.00. The highest BCUT2D eigenvalue weighted by atomic mass is 35.5. The number of nitrogens with zero attached hydrogens (tertiary/aromatic N) is 1. The molecule has 0 aliphatic heterocycles. The van der Waals surface area contributed by atoms with Gasteiger partial charge >= 0.3 is 6.03 Å². The zero-order valence-corrected chi connectivity index (χ0v) is 11.6. The van der Waals surface area contributed by atoms with Crippen molar-refractivity contribution in [2.24, 2.45) is 0 Å². The Balaban J connectivity index is 4.15. The van der Waals surface area contributed by atoms with Crippen molar-refractivity contribution < 1.29 is 9.59 Å². The molecular weight excluding hydrogens is 240 g/mol. The molecule has 3 amide bonds. The Hall–Kier alpha value is -0.770. The lowest BCUT2D eigenvalue weighted by atomic mass is 10.3. The van der Waals surface area contributed by atoms with Crippen molar-refractivity contribution in [1.82, 2.24) is 10.2 Å². The average Bonchev–Trinajstić information content (AvgIpc) is 2.29. The molecule has 0 fully saturated rings. The van der Waals surface area contributed by atoms with E-state index in [9.17, 15) is 9.59 Å². The quantitative estimate of drug-likeness (QED) is 0.684. The summed E-state index contributed by atoms with van der Waals surface area (Å²) < 4.78 is 0. The zero-order chi connectivity index (χ0) is 13.1. The van der Waals surface area contributed by atoms with E-state index in [1.54, 1.807) is 4.90 Å². The minimum absolute atomic E-state index is 0.183. The lowest BCUT2D eigenvalue weighted by Gasteiger charge is -2.22. The maximum atomic E-state index is 11.8. The van der Waals surface area contributed by atoms with Crippen LogP contribution < -0.4 is 5.32 Å². The Kier molecular flexibility index (Phi) is 9.92. The molecule has 1 N–H and O–H groups in total. The van der Waals surface area contributed by atoms with Crippen molar-refractivity contribution in [3.8, 4) is 0 Å². The number of nitrogens with one attached hydrogen (secondary N) is 1. The van der Waals surface area contributed by atoms with Gasteiger partial charge in [-0.15, -0.1) is 11.6 Å². The van der Waals surface area contributed by atoms with E-state index in [-0.39, 0.29) is 24.2 Å². The standard InChI is InChI=1S/C12H23ClN2O2/c1-3-5-9-15(10-6-4-2)12(17)14-11(16)7-8-13/h3-10H2,1-2H3,(H,14,16,17). The van der Waals surface area contributed by atoms with Gasteiger partial charge < -0.3 is 4.90 Å². The van der Waals surface area contributed by atoms with Crippen molar-refractivity contribution in [1.29, 1.82) is 0 Å². The molecule has 0 spiro atoms. The van der Waals surface area contributed by atoms with Crippen LogP contribution in [0.1, 0.15) is 46.0 Å². The van der Waals surface area contributed by atoms with Crippen LogP contribution in [-0.4, -0.2) is 35.8 Å². The third-order valence-corrected chi connectivity index (χ3v) is 2.61. The number of carbonyl (C=O) groups is 2. The maximum absolute atomic E-state index is 11.8. The lowest BCUT2D eigenvalue weighted by Crippen LogP contribution is -2.43. The molecule has 0 saturated heterocycles. The number of urea groups is 1. The summed E-state index contributed by atoms with van der Waals surface area (Å²) in [6, 6.07) is -0.290. The number of carbonyl (C=O) groups excluding carboxylic acids is 2. The molecule has 0 aromatic rings. The second-order valence-corrected chi connectivity index (χ2v) is 4.36. The lowest BCUT2D eigenvalue weighted by molar-refractivity contribution is -0.119. The highest BCUT2D eigenvalue weighted by Gasteiger charge is 2.14. The molecule has 0 unspecified atom stereocenters. The van der Waals surface area contributed by atoms with Gasteiger partial charge in [-0.2, -0.15) is 0 Å². The largest absolute Gasteiger partial charge is 0.324 e. The number of unbranched alkanes of at least 4 members (excludes halogenated alkanes) is 2. The van der Waals surface area contributed by atoms with Crippen molar-refractivity contribution in [3.05, 3.63) is 0 Å². The molecule has 100 valence electrons. The van der Waals surface area contributed by atoms with Crippen LogP contribution in [0.15, 0.2) is 0 Å². The van der Waals surface area contributed by atoms with E-state index in [2.05, 4.69) is 19.2 Å². The van der Waals surface area contributed by atoms with E-state index < -0.39 is 0 Å². The van der Waals surface area contributed by atoms with E-state index in [1.165, 1.54) is 0 Å². The summed E-state index contributed by atoms with van der Waals surface area (Å²) in [5, 5.41) is 2.36. The Bertz CT molecular complexity index is 227. The van der Waals surface area contributed by atoms with Gasteiger partial charge in [-0.1, -0.05) is 26.7 Å². The Morgan fingerprint density at radius 3 is 2.06 bits per heavy atom. The number of halogens is 1. The van der Waals surface area contributed by atoms with E-state index in [0.717, 1.165) is 25.7 Å². The first-order chi connectivity index (χ1) is 8.15. The minimum Gasteiger partial charge on any atom is -0.324 e. The normalized spacial score (nSPS) is 10.1. The van der Waals surface area contributed by atoms with Crippen molar-refractivity contribution >= 4 is 23.5 Å². The third-order valence-electron chi connectivity index (χ3n) is 2.42. The Morgan fingerprint density at radius 2 is 1.65 bits per heavy atom. The molecule has 0 radical (unpaired) electrons. The molecule has 0 aromatic carbocycles. The second-order valence-electron chi connectivity index (χ2n) is 3.99. The van der Waals surface area contributed by atoms with Crippen LogP contribution in [0.4, 0.5) is 4.79 Å². The monoisotopic (exact) mass is 262 g/mol. The van der Waals surface area contributed by atoms with Crippen LogP contribution in [0.3, 0.4) is 0 Å². The predicted molar refractivity (Wildman–Crippen MR) is 70.3 cm³/mol. The SMILES string of the molecule is CCCCN(CCCC)C(=O)NC(=O)CCCl. The van der Waals surface area contributed by atoms with Crippen LogP contribution in [0.25, 0.3) is 0 Å². The van der Waals surface area contributed by atoms with Gasteiger partial charge in [-0.25, -0.2) is 4.79 Å². The number of amides is 3. The van der Waals surface area contributed by atoms with Crippen LogP contribution >= 0.6 is 11.6 Å². The first-order valence-electron chi connectivity index (χ1n) is 6.30. The minimum atomic E-state index is -0.303. The molecule has 5 heteroatoms. The number of hydrogen-bond donors (Lipinski definition) is 1. The summed E-state index contributed by atoms with van der Waals surface area (Å²) in [6.07, 6.45) is 4.17. The molecule has 0 aliphatic carbocycles. The number of imide groups is 1. The smallest absolute Gasteiger partial charge is 0.324 e. The van der Waals surface area contributed by atoms with Crippen molar-refractivity contribution in [2.75, 3.05) is 19.0 Å². The summed E-state index contributed by atoms with van der Waals surface area (Å²) in [5.41, 5.74) is 0. The molecular formula is C12H23ClN2O2. The molecule has 0 saturated carbocycles. The van der Waals surface area contributed by atoms with Gasteiger partial charge in [0, 0.05) is 25.4 Å². The highest BCUT2D eigenvalue weighted by molar-refractivity contribution is 6.19. The molecule has 0 atom stereocenters. The molecule has 4 nitrogen and oxygen atoms in total. The molecule has 0 aliphatic rings. The number of alkyl halides is 1. The van der Waals surface area contributed by atoms with Gasteiger partial charge in [0.1, 0.15) is 0 Å². The van der Waals surface area contributed by atoms with Crippen LogP contribution in [0, 0.1) is 0 Å². The first-order valence-corrected chi connectivity index (χ1v) is 6.83. The van der Waals surface area contributed by atoms with Gasteiger partial charge in [0.05, 0.1) is 0 Å². The topological polar surface area (TPSA) is 49.4 Å². The number of hydrogen-bond acceptors (Lipinski definition) is 2. The summed E-state index contributed by atoms with van der Waals surface area (Å²) in [6.45, 7) is 5.57. The van der Waals surface area contributed by atoms with Gasteiger partial charge in [-0.3, -0.25) is 10.1 Å². The van der Waals surface area contributed by atoms with Crippen molar-refractivity contribution in [3.63, 3.8) is 0 Å². The molecule has 17 heavy (non-hydrogen) atoms. The summed E-state index contributed by atoms with van der Waals surface area (Å²) in [5.74, 6) is -0.0637. The van der Waals surface area contributed by atoms with Gasteiger partial charge in [0.25, 0.3) is 0 Å². The fourth-order valence-corrected chi connectivity index (χ4v) is 1.53. The maximum Gasteiger partial charge on any atom is 0.324 e. The summed E-state index contributed by atoms with van der Waals surface area (Å²) >= 11 is 5.44. The van der Waals surface area contributed by atoms with Crippen LogP contribution in [0.2, 0.25) is 0 Å². The van der Waals surface area contributed by atoms with Gasteiger partial charge in [-0.05, 0) is 12.8 Å². The Morgan fingerprint density at radius 1 is 1.12 bits per heavy atom. The Labute approximate surface area is 109 Å². The van der Waals surface area contributed by atoms with Crippen LogP contribution in [-0.2, 0) is 4.79 Å². The zero-order valence-electron chi connectivity index (χ0n) is 10.8. The fourth-order valence-electron chi connectivity index (χ4n) is 1.36. The van der Waals surface area contributed by atoms with Gasteiger partial charge in [0.2, 0.25) is 5.91 Å². The summed E-state index contributed by atoms with van der Waals surface area (Å²) in [4.78, 5) is 24.8.